The highest BCUT2D eigenvalue weighted by Crippen LogP contribution is 2.21. The summed E-state index contributed by atoms with van der Waals surface area (Å²) in [4.78, 5) is 29.2. The first-order valence-electron chi connectivity index (χ1n) is 10.6. The van der Waals surface area contributed by atoms with Gasteiger partial charge in [-0.25, -0.2) is 0 Å². The maximum atomic E-state index is 12.6. The summed E-state index contributed by atoms with van der Waals surface area (Å²) in [6.07, 6.45) is 0. The Kier molecular flexibility index (Phi) is 6.32. The quantitative estimate of drug-likeness (QED) is 0.693. The van der Waals surface area contributed by atoms with Crippen LogP contribution in [-0.2, 0) is 4.79 Å². The zero-order valence-corrected chi connectivity index (χ0v) is 17.8. The Bertz CT molecular complexity index is 1040. The second-order valence-corrected chi connectivity index (χ2v) is 7.78. The predicted octanol–water partition coefficient (Wildman–Crippen LogP) is 3.74. The van der Waals surface area contributed by atoms with Crippen molar-refractivity contribution in [3.63, 3.8) is 0 Å². The molecule has 0 saturated carbocycles. The summed E-state index contributed by atoms with van der Waals surface area (Å²) in [6.45, 7) is 5.04. The Morgan fingerprint density at radius 1 is 0.774 bits per heavy atom. The first kappa shape index (κ1) is 20.7. The van der Waals surface area contributed by atoms with Crippen molar-refractivity contribution in [2.75, 3.05) is 37.6 Å². The highest BCUT2D eigenvalue weighted by atomic mass is 16.2. The zero-order chi connectivity index (χ0) is 21.6. The smallest absolute Gasteiger partial charge is 0.251 e. The molecule has 158 valence electrons. The molecule has 0 spiro atoms. The molecule has 4 rings (SSSR count). The fraction of sp³-hybridized carbons (Fsp3) is 0.231. The van der Waals surface area contributed by atoms with Crippen LogP contribution in [0.5, 0.6) is 0 Å². The molecule has 1 saturated heterocycles. The van der Waals surface area contributed by atoms with Gasteiger partial charge in [-0.1, -0.05) is 60.7 Å². The van der Waals surface area contributed by atoms with E-state index in [0.29, 0.717) is 18.7 Å². The van der Waals surface area contributed by atoms with Crippen LogP contribution in [0.1, 0.15) is 15.9 Å². The van der Waals surface area contributed by atoms with Crippen molar-refractivity contribution in [3.8, 4) is 11.1 Å². The number of nitrogens with one attached hydrogen (secondary N) is 1. The minimum Gasteiger partial charge on any atom is -0.368 e. The molecule has 1 heterocycles. The molecule has 2 amide bonds. The Balaban J connectivity index is 1.27. The molecule has 1 fully saturated rings. The second kappa shape index (κ2) is 9.47. The van der Waals surface area contributed by atoms with Gasteiger partial charge in [-0.05, 0) is 41.8 Å². The van der Waals surface area contributed by atoms with E-state index in [0.717, 1.165) is 24.2 Å². The van der Waals surface area contributed by atoms with Crippen LogP contribution < -0.4 is 10.2 Å². The lowest BCUT2D eigenvalue weighted by atomic mass is 10.0. The Morgan fingerprint density at radius 3 is 2.06 bits per heavy atom. The van der Waals surface area contributed by atoms with Gasteiger partial charge >= 0.3 is 0 Å². The van der Waals surface area contributed by atoms with E-state index < -0.39 is 0 Å². The highest BCUT2D eigenvalue weighted by molar-refractivity contribution is 5.96. The third-order valence-electron chi connectivity index (χ3n) is 5.74. The SMILES string of the molecule is Cc1ccccc1N1CCN(C(=O)CNC(=O)c2ccc(-c3ccccc3)cc2)CC1. The standard InChI is InChI=1S/C26H27N3O2/c1-20-7-5-6-10-24(20)28-15-17-29(18-16-28)25(30)19-27-26(31)23-13-11-22(12-14-23)21-8-3-2-4-9-21/h2-14H,15-19H2,1H3,(H,27,31). The van der Waals surface area contributed by atoms with Gasteiger partial charge in [0.05, 0.1) is 6.54 Å². The van der Waals surface area contributed by atoms with Crippen molar-refractivity contribution >= 4 is 17.5 Å². The van der Waals surface area contributed by atoms with Crippen LogP contribution in [-0.4, -0.2) is 49.4 Å². The Morgan fingerprint density at radius 2 is 1.39 bits per heavy atom. The van der Waals surface area contributed by atoms with E-state index in [9.17, 15) is 9.59 Å². The number of aryl methyl sites for hydroxylation is 1. The fourth-order valence-corrected chi connectivity index (χ4v) is 3.93. The summed E-state index contributed by atoms with van der Waals surface area (Å²) in [6, 6.07) is 25.8. The van der Waals surface area contributed by atoms with Gasteiger partial charge in [0.1, 0.15) is 0 Å². The number of amides is 2. The molecule has 0 bridgehead atoms. The van der Waals surface area contributed by atoms with Crippen molar-refractivity contribution < 1.29 is 9.59 Å². The largest absolute Gasteiger partial charge is 0.368 e. The summed E-state index contributed by atoms with van der Waals surface area (Å²) in [5, 5.41) is 2.76. The van der Waals surface area contributed by atoms with Crippen LogP contribution >= 0.6 is 0 Å². The number of piperazine rings is 1. The molecule has 0 aliphatic carbocycles. The number of carbonyl (C=O) groups is 2. The summed E-state index contributed by atoms with van der Waals surface area (Å²) >= 11 is 0. The van der Waals surface area contributed by atoms with Crippen LogP contribution in [0.3, 0.4) is 0 Å². The topological polar surface area (TPSA) is 52.6 Å². The molecule has 1 N–H and O–H groups in total. The van der Waals surface area contributed by atoms with Crippen LogP contribution in [0.15, 0.2) is 78.9 Å². The third kappa shape index (κ3) is 4.94. The molecule has 0 aromatic heterocycles. The molecule has 3 aromatic rings. The number of rotatable bonds is 5. The van der Waals surface area contributed by atoms with Gasteiger partial charge < -0.3 is 15.1 Å². The van der Waals surface area contributed by atoms with Gasteiger partial charge in [0.2, 0.25) is 5.91 Å². The van der Waals surface area contributed by atoms with Crippen LogP contribution in [0.25, 0.3) is 11.1 Å². The Hall–Kier alpha value is -3.60. The summed E-state index contributed by atoms with van der Waals surface area (Å²) in [5.41, 5.74) is 5.18. The van der Waals surface area contributed by atoms with Crippen molar-refractivity contribution in [1.29, 1.82) is 0 Å². The zero-order valence-electron chi connectivity index (χ0n) is 17.8. The second-order valence-electron chi connectivity index (χ2n) is 7.78. The lowest BCUT2D eigenvalue weighted by Gasteiger charge is -2.36. The van der Waals surface area contributed by atoms with Crippen molar-refractivity contribution in [2.24, 2.45) is 0 Å². The number of nitrogens with zero attached hydrogens (tertiary/aromatic N) is 2. The van der Waals surface area contributed by atoms with E-state index in [4.69, 9.17) is 0 Å². The van der Waals surface area contributed by atoms with E-state index in [1.165, 1.54) is 11.3 Å². The molecular formula is C26H27N3O2. The number of benzene rings is 3. The van der Waals surface area contributed by atoms with Gasteiger partial charge in [0.25, 0.3) is 5.91 Å². The molecule has 0 unspecified atom stereocenters. The van der Waals surface area contributed by atoms with Gasteiger partial charge in [-0.2, -0.15) is 0 Å². The van der Waals surface area contributed by atoms with Crippen molar-refractivity contribution in [2.45, 2.75) is 6.92 Å². The average Bonchev–Trinajstić information content (AvgIpc) is 2.83. The number of hydrogen-bond acceptors (Lipinski definition) is 3. The molecule has 0 radical (unpaired) electrons. The molecule has 1 aliphatic rings. The highest BCUT2D eigenvalue weighted by Gasteiger charge is 2.22. The maximum Gasteiger partial charge on any atom is 0.251 e. The monoisotopic (exact) mass is 413 g/mol. The first-order valence-corrected chi connectivity index (χ1v) is 10.6. The van der Waals surface area contributed by atoms with E-state index >= 15 is 0 Å². The van der Waals surface area contributed by atoms with E-state index in [2.05, 4.69) is 29.3 Å². The number of anilines is 1. The normalized spacial score (nSPS) is 13.7. The van der Waals surface area contributed by atoms with Gasteiger partial charge in [0.15, 0.2) is 0 Å². The predicted molar refractivity (Wildman–Crippen MR) is 124 cm³/mol. The van der Waals surface area contributed by atoms with E-state index in [1.807, 2.05) is 59.5 Å². The number of para-hydroxylation sites is 1. The van der Waals surface area contributed by atoms with Crippen LogP contribution in [0.2, 0.25) is 0 Å². The molecule has 5 nitrogen and oxygen atoms in total. The minimum absolute atomic E-state index is 0.0175. The average molecular weight is 414 g/mol. The fourth-order valence-electron chi connectivity index (χ4n) is 3.93. The summed E-state index contributed by atoms with van der Waals surface area (Å²) in [7, 11) is 0. The van der Waals surface area contributed by atoms with Crippen LogP contribution in [0.4, 0.5) is 5.69 Å². The molecule has 3 aromatic carbocycles. The lowest BCUT2D eigenvalue weighted by molar-refractivity contribution is -0.130. The minimum atomic E-state index is -0.230. The molecule has 31 heavy (non-hydrogen) atoms. The summed E-state index contributed by atoms with van der Waals surface area (Å²) < 4.78 is 0. The molecular weight excluding hydrogens is 386 g/mol. The number of hydrogen-bond donors (Lipinski definition) is 1. The maximum absolute atomic E-state index is 12.6. The molecule has 0 atom stereocenters. The molecule has 1 aliphatic heterocycles. The molecule has 5 heteroatoms. The van der Waals surface area contributed by atoms with Gasteiger partial charge in [0, 0.05) is 37.4 Å². The van der Waals surface area contributed by atoms with E-state index in [1.54, 1.807) is 12.1 Å². The summed E-state index contributed by atoms with van der Waals surface area (Å²) in [5.74, 6) is -0.273. The Labute approximate surface area is 183 Å². The van der Waals surface area contributed by atoms with Crippen LogP contribution in [0, 0.1) is 6.92 Å². The number of carbonyl (C=O) groups excluding carboxylic acids is 2. The van der Waals surface area contributed by atoms with Gasteiger partial charge in [-0.3, -0.25) is 9.59 Å². The third-order valence-corrected chi connectivity index (χ3v) is 5.74. The lowest BCUT2D eigenvalue weighted by Crippen LogP contribution is -2.51. The first-order chi connectivity index (χ1) is 15.1. The van der Waals surface area contributed by atoms with Gasteiger partial charge in [-0.15, -0.1) is 0 Å². The van der Waals surface area contributed by atoms with Crippen molar-refractivity contribution in [1.82, 2.24) is 10.2 Å². The van der Waals surface area contributed by atoms with Crippen molar-refractivity contribution in [3.05, 3.63) is 90.0 Å². The van der Waals surface area contributed by atoms with E-state index in [-0.39, 0.29) is 18.4 Å².